The van der Waals surface area contributed by atoms with Gasteiger partial charge in [0.15, 0.2) is 0 Å². The van der Waals surface area contributed by atoms with Crippen LogP contribution in [0.5, 0.6) is 0 Å². The number of carbonyl (C=O) groups is 1. The number of aryl methyl sites for hydroxylation is 1. The molecule has 20 heavy (non-hydrogen) atoms. The Morgan fingerprint density at radius 2 is 2.10 bits per heavy atom. The molecule has 1 amide bonds. The number of carbonyl (C=O) groups excluding carboxylic acids is 1. The molecule has 0 saturated heterocycles. The summed E-state index contributed by atoms with van der Waals surface area (Å²) in [4.78, 5) is 17.7. The van der Waals surface area contributed by atoms with Crippen LogP contribution in [0.3, 0.4) is 0 Å². The quantitative estimate of drug-likeness (QED) is 0.605. The highest BCUT2D eigenvalue weighted by molar-refractivity contribution is 7.10. The molecule has 4 heteroatoms. The number of thiazole rings is 1. The van der Waals surface area contributed by atoms with Crippen molar-refractivity contribution < 1.29 is 4.79 Å². The van der Waals surface area contributed by atoms with Crippen LogP contribution in [0.1, 0.15) is 42.7 Å². The van der Waals surface area contributed by atoms with Crippen LogP contribution in [0.4, 0.5) is 0 Å². The molecule has 0 radical (unpaired) electrons. The van der Waals surface area contributed by atoms with Gasteiger partial charge in [0.25, 0.3) is 0 Å². The minimum Gasteiger partial charge on any atom is -0.339 e. The van der Waals surface area contributed by atoms with E-state index < -0.39 is 0 Å². The second-order valence-corrected chi connectivity index (χ2v) is 5.78. The third kappa shape index (κ3) is 5.29. The van der Waals surface area contributed by atoms with Crippen LogP contribution < -0.4 is 0 Å². The van der Waals surface area contributed by atoms with Crippen molar-refractivity contribution in [3.8, 4) is 0 Å². The maximum atomic E-state index is 10.7. The maximum Gasteiger partial charge on any atom is 0.210 e. The van der Waals surface area contributed by atoms with Crippen molar-refractivity contribution >= 4 is 23.8 Å². The van der Waals surface area contributed by atoms with Gasteiger partial charge in [-0.3, -0.25) is 4.79 Å². The first-order valence-electron chi connectivity index (χ1n) is 7.07. The summed E-state index contributed by atoms with van der Waals surface area (Å²) in [5.41, 5.74) is 2.90. The topological polar surface area (TPSA) is 33.2 Å². The smallest absolute Gasteiger partial charge is 0.210 e. The van der Waals surface area contributed by atoms with E-state index in [-0.39, 0.29) is 0 Å². The zero-order chi connectivity index (χ0) is 14.8. The number of hydrogen-bond acceptors (Lipinski definition) is 3. The molecule has 1 aromatic heterocycles. The van der Waals surface area contributed by atoms with Gasteiger partial charge in [0, 0.05) is 17.5 Å². The Bertz CT molecular complexity index is 422. The highest BCUT2D eigenvalue weighted by Crippen LogP contribution is 2.21. The Hall–Kier alpha value is -1.42. The molecule has 110 valence electrons. The SMILES string of the molecule is C=CCN(C=O)C1CCCCC1.C=Cc1scnc1C. The van der Waals surface area contributed by atoms with E-state index in [1.807, 2.05) is 23.4 Å². The third-order valence-corrected chi connectivity index (χ3v) is 4.41. The fourth-order valence-corrected chi connectivity index (χ4v) is 2.99. The zero-order valence-electron chi connectivity index (χ0n) is 12.3. The number of amides is 1. The fraction of sp³-hybridized carbons (Fsp3) is 0.500. The standard InChI is InChI=1S/C10H17NO.C6H7NS/c1-2-8-11(9-12)10-6-4-3-5-7-10;1-3-6-5(2)7-4-8-6/h2,9-10H,1,3-8H2;3-4H,1H2,2H3. The average molecular weight is 292 g/mol. The number of nitrogens with zero attached hydrogens (tertiary/aromatic N) is 2. The molecule has 3 nitrogen and oxygen atoms in total. The number of rotatable bonds is 5. The van der Waals surface area contributed by atoms with Gasteiger partial charge in [0.2, 0.25) is 6.41 Å². The van der Waals surface area contributed by atoms with Gasteiger partial charge in [-0.25, -0.2) is 4.98 Å². The van der Waals surface area contributed by atoms with Gasteiger partial charge in [0.1, 0.15) is 0 Å². The molecule has 0 aromatic carbocycles. The Morgan fingerprint density at radius 1 is 1.40 bits per heavy atom. The summed E-state index contributed by atoms with van der Waals surface area (Å²) >= 11 is 1.62. The molecule has 0 spiro atoms. The second-order valence-electron chi connectivity index (χ2n) is 4.89. The van der Waals surface area contributed by atoms with Crippen molar-refractivity contribution in [2.45, 2.75) is 45.1 Å². The lowest BCUT2D eigenvalue weighted by Gasteiger charge is -2.30. The summed E-state index contributed by atoms with van der Waals surface area (Å²) in [5.74, 6) is 0. The van der Waals surface area contributed by atoms with Crippen LogP contribution in [-0.4, -0.2) is 28.9 Å². The largest absolute Gasteiger partial charge is 0.339 e. The molecule has 1 heterocycles. The molecule has 1 aliphatic carbocycles. The number of hydrogen-bond donors (Lipinski definition) is 0. The van der Waals surface area contributed by atoms with Gasteiger partial charge < -0.3 is 4.90 Å². The van der Waals surface area contributed by atoms with Gasteiger partial charge in [-0.2, -0.15) is 0 Å². The number of aromatic nitrogens is 1. The predicted octanol–water partition coefficient (Wildman–Crippen LogP) is 4.06. The maximum absolute atomic E-state index is 10.7. The minimum atomic E-state index is 0.481. The van der Waals surface area contributed by atoms with Crippen molar-refractivity contribution in [3.05, 3.63) is 35.3 Å². The van der Waals surface area contributed by atoms with Gasteiger partial charge in [0.05, 0.1) is 11.2 Å². The van der Waals surface area contributed by atoms with Crippen molar-refractivity contribution in [2.75, 3.05) is 6.54 Å². The Kier molecular flexibility index (Phi) is 7.88. The molecular formula is C16H24N2OS. The van der Waals surface area contributed by atoms with Crippen LogP contribution in [-0.2, 0) is 4.79 Å². The Morgan fingerprint density at radius 3 is 2.50 bits per heavy atom. The lowest BCUT2D eigenvalue weighted by atomic mass is 9.94. The first-order chi connectivity index (χ1) is 9.72. The van der Waals surface area contributed by atoms with Crippen LogP contribution in [0, 0.1) is 6.92 Å². The van der Waals surface area contributed by atoms with E-state index in [1.165, 1.54) is 37.0 Å². The lowest BCUT2D eigenvalue weighted by Crippen LogP contribution is -2.35. The summed E-state index contributed by atoms with van der Waals surface area (Å²) < 4.78 is 0. The molecule has 0 N–H and O–H groups in total. The minimum absolute atomic E-state index is 0.481. The molecule has 0 bridgehead atoms. The average Bonchev–Trinajstić information content (AvgIpc) is 2.91. The van der Waals surface area contributed by atoms with Gasteiger partial charge in [-0.1, -0.05) is 38.0 Å². The Labute approximate surface area is 126 Å². The first-order valence-corrected chi connectivity index (χ1v) is 7.95. The molecule has 0 atom stereocenters. The van der Waals surface area contributed by atoms with E-state index in [1.54, 1.807) is 17.4 Å². The summed E-state index contributed by atoms with van der Waals surface area (Å²) in [5, 5.41) is 0. The summed E-state index contributed by atoms with van der Waals surface area (Å²) in [7, 11) is 0. The van der Waals surface area contributed by atoms with Gasteiger partial charge in [-0.15, -0.1) is 17.9 Å². The normalized spacial score (nSPS) is 14.8. The van der Waals surface area contributed by atoms with Crippen LogP contribution in [0.15, 0.2) is 24.7 Å². The van der Waals surface area contributed by atoms with E-state index in [2.05, 4.69) is 18.1 Å². The molecular weight excluding hydrogens is 268 g/mol. The van der Waals surface area contributed by atoms with Crippen LogP contribution in [0.2, 0.25) is 0 Å². The highest BCUT2D eigenvalue weighted by Gasteiger charge is 2.18. The first kappa shape index (κ1) is 16.6. The molecule has 1 aromatic rings. The van der Waals surface area contributed by atoms with E-state index in [9.17, 15) is 4.79 Å². The predicted molar refractivity (Wildman–Crippen MR) is 86.8 cm³/mol. The van der Waals surface area contributed by atoms with E-state index >= 15 is 0 Å². The highest BCUT2D eigenvalue weighted by atomic mass is 32.1. The van der Waals surface area contributed by atoms with Gasteiger partial charge in [-0.05, 0) is 19.8 Å². The van der Waals surface area contributed by atoms with Crippen LogP contribution in [0.25, 0.3) is 6.08 Å². The second kappa shape index (κ2) is 9.48. The lowest BCUT2D eigenvalue weighted by molar-refractivity contribution is -0.120. The summed E-state index contributed by atoms with van der Waals surface area (Å²) in [6.45, 7) is 9.96. The van der Waals surface area contributed by atoms with E-state index in [4.69, 9.17) is 0 Å². The van der Waals surface area contributed by atoms with Crippen LogP contribution >= 0.6 is 11.3 Å². The van der Waals surface area contributed by atoms with E-state index in [0.717, 1.165) is 12.1 Å². The zero-order valence-corrected chi connectivity index (χ0v) is 13.1. The van der Waals surface area contributed by atoms with Crippen molar-refractivity contribution in [1.82, 2.24) is 9.88 Å². The Balaban J connectivity index is 0.000000217. The molecule has 1 aliphatic rings. The van der Waals surface area contributed by atoms with Crippen molar-refractivity contribution in [1.29, 1.82) is 0 Å². The monoisotopic (exact) mass is 292 g/mol. The summed E-state index contributed by atoms with van der Waals surface area (Å²) in [6, 6.07) is 0.481. The molecule has 1 fully saturated rings. The van der Waals surface area contributed by atoms with Crippen molar-refractivity contribution in [2.24, 2.45) is 0 Å². The van der Waals surface area contributed by atoms with Gasteiger partial charge >= 0.3 is 0 Å². The fourth-order valence-electron chi connectivity index (χ4n) is 2.35. The summed E-state index contributed by atoms with van der Waals surface area (Å²) in [6.07, 6.45) is 10.8. The molecule has 1 saturated carbocycles. The molecule has 0 aliphatic heterocycles. The van der Waals surface area contributed by atoms with E-state index in [0.29, 0.717) is 12.6 Å². The third-order valence-electron chi connectivity index (χ3n) is 3.49. The molecule has 2 rings (SSSR count). The van der Waals surface area contributed by atoms with Crippen molar-refractivity contribution in [3.63, 3.8) is 0 Å². The molecule has 0 unspecified atom stereocenters.